The van der Waals surface area contributed by atoms with Crippen LogP contribution in [0.15, 0.2) is 0 Å². The molecule has 3 heteroatoms. The van der Waals surface area contributed by atoms with Crippen molar-refractivity contribution >= 4 is 12.4 Å². The maximum atomic E-state index is 9.57. The summed E-state index contributed by atoms with van der Waals surface area (Å²) < 4.78 is 0. The highest BCUT2D eigenvalue weighted by Crippen LogP contribution is 2.22. The van der Waals surface area contributed by atoms with Gasteiger partial charge in [-0.2, -0.15) is 0 Å². The normalized spacial score (nSPS) is 37.9. The summed E-state index contributed by atoms with van der Waals surface area (Å²) in [7, 11) is 0. The molecule has 0 aromatic rings. The Morgan fingerprint density at radius 1 is 1.64 bits per heavy atom. The summed E-state index contributed by atoms with van der Waals surface area (Å²) in [5.41, 5.74) is -0.0156. The van der Waals surface area contributed by atoms with Gasteiger partial charge < -0.3 is 10.4 Å². The van der Waals surface area contributed by atoms with Crippen LogP contribution in [0.2, 0.25) is 0 Å². The summed E-state index contributed by atoms with van der Waals surface area (Å²) >= 11 is 0. The highest BCUT2D eigenvalue weighted by atomic mass is 35.5. The molecule has 1 saturated heterocycles. The van der Waals surface area contributed by atoms with Gasteiger partial charge in [-0.1, -0.05) is 6.92 Å². The molecule has 0 aromatic heterocycles. The first-order chi connectivity index (χ1) is 4.69. The van der Waals surface area contributed by atoms with Crippen molar-refractivity contribution < 1.29 is 5.11 Å². The molecule has 2 N–H and O–H groups in total. The van der Waals surface area contributed by atoms with Gasteiger partial charge in [0.15, 0.2) is 0 Å². The fraction of sp³-hybridized carbons (Fsp3) is 1.00. The highest BCUT2D eigenvalue weighted by Gasteiger charge is 2.32. The van der Waals surface area contributed by atoms with Crippen LogP contribution in [0.5, 0.6) is 0 Å². The first kappa shape index (κ1) is 11.2. The third kappa shape index (κ3) is 2.32. The molecule has 0 spiro atoms. The Bertz CT molecular complexity index is 121. The summed E-state index contributed by atoms with van der Waals surface area (Å²) in [6.45, 7) is 5.26. The number of aliphatic hydroxyl groups excluding tert-OH is 1. The minimum atomic E-state index is -0.147. The van der Waals surface area contributed by atoms with Crippen LogP contribution in [0.3, 0.4) is 0 Å². The molecule has 68 valence electrons. The van der Waals surface area contributed by atoms with Gasteiger partial charge in [-0.3, -0.25) is 0 Å². The van der Waals surface area contributed by atoms with Crippen molar-refractivity contribution in [2.45, 2.75) is 44.8 Å². The SMILES string of the molecule is CCC1(C)NCCCC1O.Cl. The van der Waals surface area contributed by atoms with Gasteiger partial charge in [-0.05, 0) is 32.7 Å². The number of halogens is 1. The third-order valence-electron chi connectivity index (χ3n) is 2.65. The van der Waals surface area contributed by atoms with Crippen LogP contribution in [-0.2, 0) is 0 Å². The summed E-state index contributed by atoms with van der Waals surface area (Å²) in [5.74, 6) is 0. The van der Waals surface area contributed by atoms with E-state index in [1.165, 1.54) is 0 Å². The lowest BCUT2D eigenvalue weighted by atomic mass is 9.86. The monoisotopic (exact) mass is 179 g/mol. The molecule has 0 amide bonds. The first-order valence-corrected chi connectivity index (χ1v) is 4.12. The van der Waals surface area contributed by atoms with Crippen LogP contribution in [0.1, 0.15) is 33.1 Å². The average molecular weight is 180 g/mol. The van der Waals surface area contributed by atoms with E-state index in [9.17, 15) is 5.11 Å². The maximum Gasteiger partial charge on any atom is 0.0719 e. The Balaban J connectivity index is 0.000001000. The largest absolute Gasteiger partial charge is 0.391 e. The van der Waals surface area contributed by atoms with Crippen LogP contribution >= 0.6 is 12.4 Å². The molecule has 1 aliphatic heterocycles. The summed E-state index contributed by atoms with van der Waals surface area (Å²) in [6.07, 6.45) is 2.92. The van der Waals surface area contributed by atoms with Crippen molar-refractivity contribution in [3.8, 4) is 0 Å². The van der Waals surface area contributed by atoms with Gasteiger partial charge in [-0.25, -0.2) is 0 Å². The van der Waals surface area contributed by atoms with Crippen molar-refractivity contribution in [2.75, 3.05) is 6.54 Å². The topological polar surface area (TPSA) is 32.3 Å². The quantitative estimate of drug-likeness (QED) is 0.637. The Morgan fingerprint density at radius 2 is 2.27 bits per heavy atom. The molecule has 1 fully saturated rings. The second-order valence-electron chi connectivity index (χ2n) is 3.36. The lowest BCUT2D eigenvalue weighted by molar-refractivity contribution is 0.0382. The van der Waals surface area contributed by atoms with Gasteiger partial charge in [0.2, 0.25) is 0 Å². The maximum absolute atomic E-state index is 9.57. The molecule has 11 heavy (non-hydrogen) atoms. The van der Waals surface area contributed by atoms with Crippen LogP contribution in [-0.4, -0.2) is 23.3 Å². The molecule has 0 aliphatic carbocycles. The van der Waals surface area contributed by atoms with Gasteiger partial charge in [-0.15, -0.1) is 12.4 Å². The fourth-order valence-electron chi connectivity index (χ4n) is 1.47. The summed E-state index contributed by atoms with van der Waals surface area (Å²) in [5, 5.41) is 12.9. The highest BCUT2D eigenvalue weighted by molar-refractivity contribution is 5.85. The third-order valence-corrected chi connectivity index (χ3v) is 2.65. The molecule has 0 saturated carbocycles. The van der Waals surface area contributed by atoms with Gasteiger partial charge in [0, 0.05) is 5.54 Å². The van der Waals surface area contributed by atoms with Crippen LogP contribution in [0.4, 0.5) is 0 Å². The zero-order valence-electron chi connectivity index (χ0n) is 7.26. The van der Waals surface area contributed by atoms with Crippen LogP contribution in [0, 0.1) is 0 Å². The number of piperidine rings is 1. The van der Waals surface area contributed by atoms with E-state index in [2.05, 4.69) is 19.2 Å². The molecule has 0 bridgehead atoms. The van der Waals surface area contributed by atoms with Gasteiger partial charge in [0.1, 0.15) is 0 Å². The zero-order chi connectivity index (χ0) is 7.61. The second-order valence-corrected chi connectivity index (χ2v) is 3.36. The van der Waals surface area contributed by atoms with Crippen molar-refractivity contribution in [2.24, 2.45) is 0 Å². The molecule has 1 rings (SSSR count). The van der Waals surface area contributed by atoms with E-state index < -0.39 is 0 Å². The van der Waals surface area contributed by atoms with Crippen molar-refractivity contribution in [1.29, 1.82) is 0 Å². The Kier molecular flexibility index (Phi) is 4.37. The molecule has 1 aliphatic rings. The lowest BCUT2D eigenvalue weighted by Gasteiger charge is -2.38. The predicted molar refractivity (Wildman–Crippen MR) is 49.2 cm³/mol. The number of aliphatic hydroxyl groups is 1. The molecule has 2 nitrogen and oxygen atoms in total. The predicted octanol–water partition coefficient (Wildman–Crippen LogP) is 1.32. The van der Waals surface area contributed by atoms with Gasteiger partial charge >= 0.3 is 0 Å². The number of nitrogens with one attached hydrogen (secondary N) is 1. The van der Waals surface area contributed by atoms with Crippen LogP contribution in [0.25, 0.3) is 0 Å². The Morgan fingerprint density at radius 3 is 2.64 bits per heavy atom. The zero-order valence-corrected chi connectivity index (χ0v) is 8.08. The Hall–Kier alpha value is 0.210. The van der Waals surface area contributed by atoms with E-state index in [4.69, 9.17) is 0 Å². The second kappa shape index (κ2) is 4.29. The molecular formula is C8H18ClNO. The smallest absolute Gasteiger partial charge is 0.0719 e. The molecule has 2 atom stereocenters. The van der Waals surface area contributed by atoms with Crippen LogP contribution < -0.4 is 5.32 Å². The average Bonchev–Trinajstić information content (AvgIpc) is 1.96. The van der Waals surface area contributed by atoms with E-state index in [1.54, 1.807) is 0 Å². The standard InChI is InChI=1S/C8H17NO.ClH/c1-3-8(2)7(10)5-4-6-9-8;/h7,9-10H,3-6H2,1-2H3;1H. The molecule has 2 unspecified atom stereocenters. The van der Waals surface area contributed by atoms with Crippen molar-refractivity contribution in [1.82, 2.24) is 5.32 Å². The van der Waals surface area contributed by atoms with E-state index in [-0.39, 0.29) is 24.0 Å². The van der Waals surface area contributed by atoms with Gasteiger partial charge in [0.05, 0.1) is 6.10 Å². The minimum Gasteiger partial charge on any atom is -0.391 e. The lowest BCUT2D eigenvalue weighted by Crippen LogP contribution is -2.55. The molecular weight excluding hydrogens is 162 g/mol. The molecule has 1 heterocycles. The summed E-state index contributed by atoms with van der Waals surface area (Å²) in [4.78, 5) is 0. The van der Waals surface area contributed by atoms with E-state index in [0.29, 0.717) is 0 Å². The number of hydrogen-bond acceptors (Lipinski definition) is 2. The molecule has 0 radical (unpaired) electrons. The minimum absolute atomic E-state index is 0. The summed E-state index contributed by atoms with van der Waals surface area (Å²) in [6, 6.07) is 0. The Labute approximate surface area is 74.8 Å². The van der Waals surface area contributed by atoms with Crippen molar-refractivity contribution in [3.63, 3.8) is 0 Å². The number of hydrogen-bond donors (Lipinski definition) is 2. The molecule has 0 aromatic carbocycles. The van der Waals surface area contributed by atoms with E-state index in [0.717, 1.165) is 25.8 Å². The van der Waals surface area contributed by atoms with Crippen molar-refractivity contribution in [3.05, 3.63) is 0 Å². The van der Waals surface area contributed by atoms with E-state index >= 15 is 0 Å². The first-order valence-electron chi connectivity index (χ1n) is 4.12. The van der Waals surface area contributed by atoms with Gasteiger partial charge in [0.25, 0.3) is 0 Å². The fourth-order valence-corrected chi connectivity index (χ4v) is 1.47. The van der Waals surface area contributed by atoms with E-state index in [1.807, 2.05) is 0 Å². The number of rotatable bonds is 1.